The first-order valence-corrected chi connectivity index (χ1v) is 7.43. The van der Waals surface area contributed by atoms with Crippen LogP contribution >= 0.6 is 0 Å². The van der Waals surface area contributed by atoms with E-state index in [0.29, 0.717) is 17.0 Å². The van der Waals surface area contributed by atoms with Gasteiger partial charge in [0.25, 0.3) is 5.91 Å². The molecule has 2 aromatic carbocycles. The fourth-order valence-electron chi connectivity index (χ4n) is 2.22. The summed E-state index contributed by atoms with van der Waals surface area (Å²) in [5.41, 5.74) is 4.97. The molecule has 24 heavy (non-hydrogen) atoms. The molecule has 6 nitrogen and oxygen atoms in total. The lowest BCUT2D eigenvalue weighted by atomic mass is 10.1. The monoisotopic (exact) mass is 328 g/mol. The number of hydrogen-bond donors (Lipinski definition) is 3. The van der Waals surface area contributed by atoms with Crippen molar-refractivity contribution in [3.05, 3.63) is 53.1 Å². The van der Waals surface area contributed by atoms with E-state index in [2.05, 4.69) is 10.5 Å². The van der Waals surface area contributed by atoms with E-state index in [1.54, 1.807) is 6.92 Å². The number of benzene rings is 2. The van der Waals surface area contributed by atoms with Crippen LogP contribution < -0.4 is 10.2 Å². The number of phenols is 2. The van der Waals surface area contributed by atoms with Crippen LogP contribution in [-0.2, 0) is 4.79 Å². The number of aromatic hydroxyl groups is 2. The molecule has 0 bridgehead atoms. The second-order valence-electron chi connectivity index (χ2n) is 5.44. The number of hydrazone groups is 1. The summed E-state index contributed by atoms with van der Waals surface area (Å²) in [6.45, 7) is 5.26. The molecule has 0 aliphatic rings. The van der Waals surface area contributed by atoms with Gasteiger partial charge in [0.2, 0.25) is 0 Å². The number of nitrogens with one attached hydrogen (secondary N) is 1. The zero-order chi connectivity index (χ0) is 17.7. The van der Waals surface area contributed by atoms with Gasteiger partial charge in [-0.2, -0.15) is 5.10 Å². The standard InChI is InChI=1S/C18H20N2O4/c1-11-5-4-6-12(2)18(11)24-10-17(23)20-19-13(3)15-9-14(21)7-8-16(15)22/h4-9,21-22H,10H2,1-3H3,(H,20,23)/b19-13+. The topological polar surface area (TPSA) is 91.2 Å². The minimum absolute atomic E-state index is 0.00189. The third-order valence-corrected chi connectivity index (χ3v) is 3.47. The molecule has 0 radical (unpaired) electrons. The van der Waals surface area contributed by atoms with E-state index >= 15 is 0 Å². The van der Waals surface area contributed by atoms with Crippen LogP contribution in [0.25, 0.3) is 0 Å². The Balaban J connectivity index is 1.98. The molecule has 0 heterocycles. The van der Waals surface area contributed by atoms with E-state index in [1.807, 2.05) is 32.0 Å². The maximum atomic E-state index is 11.9. The Kier molecular flexibility index (Phi) is 5.42. The summed E-state index contributed by atoms with van der Waals surface area (Å²) in [5, 5.41) is 23.1. The van der Waals surface area contributed by atoms with Gasteiger partial charge in [-0.25, -0.2) is 5.43 Å². The second kappa shape index (κ2) is 7.50. The molecule has 6 heteroatoms. The van der Waals surface area contributed by atoms with Crippen molar-refractivity contribution in [2.24, 2.45) is 5.10 Å². The van der Waals surface area contributed by atoms with Crippen molar-refractivity contribution in [2.45, 2.75) is 20.8 Å². The number of nitrogens with zero attached hydrogens (tertiary/aromatic N) is 1. The Labute approximate surface area is 140 Å². The van der Waals surface area contributed by atoms with E-state index in [-0.39, 0.29) is 18.1 Å². The van der Waals surface area contributed by atoms with Gasteiger partial charge in [0, 0.05) is 5.56 Å². The summed E-state index contributed by atoms with van der Waals surface area (Å²) in [5.74, 6) is 0.229. The molecule has 0 unspecified atom stereocenters. The first-order valence-electron chi connectivity index (χ1n) is 7.43. The number of para-hydroxylation sites is 1. The molecule has 1 amide bonds. The van der Waals surface area contributed by atoms with E-state index in [1.165, 1.54) is 18.2 Å². The second-order valence-corrected chi connectivity index (χ2v) is 5.44. The van der Waals surface area contributed by atoms with Crippen molar-refractivity contribution >= 4 is 11.6 Å². The average molecular weight is 328 g/mol. The predicted octanol–water partition coefficient (Wildman–Crippen LogP) is 2.63. The lowest BCUT2D eigenvalue weighted by Gasteiger charge is -2.11. The molecular formula is C18H20N2O4. The van der Waals surface area contributed by atoms with Gasteiger partial charge in [0.05, 0.1) is 5.71 Å². The maximum absolute atomic E-state index is 11.9. The van der Waals surface area contributed by atoms with Crippen molar-refractivity contribution < 1.29 is 19.7 Å². The number of phenolic OH excluding ortho intramolecular Hbond substituents is 2. The molecule has 0 atom stereocenters. The van der Waals surface area contributed by atoms with Crippen molar-refractivity contribution in [2.75, 3.05) is 6.61 Å². The Morgan fingerprint density at radius 2 is 1.83 bits per heavy atom. The van der Waals surface area contributed by atoms with Crippen LogP contribution in [0.1, 0.15) is 23.6 Å². The van der Waals surface area contributed by atoms with Crippen molar-refractivity contribution in [3.63, 3.8) is 0 Å². The molecule has 3 N–H and O–H groups in total. The molecular weight excluding hydrogens is 308 g/mol. The van der Waals surface area contributed by atoms with E-state index in [0.717, 1.165) is 11.1 Å². The van der Waals surface area contributed by atoms with Gasteiger partial charge in [-0.05, 0) is 50.1 Å². The maximum Gasteiger partial charge on any atom is 0.277 e. The van der Waals surface area contributed by atoms with E-state index < -0.39 is 5.91 Å². The molecule has 0 aliphatic carbocycles. The van der Waals surface area contributed by atoms with Crippen LogP contribution in [0.4, 0.5) is 0 Å². The van der Waals surface area contributed by atoms with Crippen LogP contribution in [0.15, 0.2) is 41.5 Å². The normalized spacial score (nSPS) is 11.2. The highest BCUT2D eigenvalue weighted by molar-refractivity contribution is 6.01. The van der Waals surface area contributed by atoms with Gasteiger partial charge in [-0.15, -0.1) is 0 Å². The number of hydrogen-bond acceptors (Lipinski definition) is 5. The Hall–Kier alpha value is -3.02. The lowest BCUT2D eigenvalue weighted by Crippen LogP contribution is -2.26. The Morgan fingerprint density at radius 1 is 1.17 bits per heavy atom. The molecule has 0 spiro atoms. The van der Waals surface area contributed by atoms with Gasteiger partial charge < -0.3 is 14.9 Å². The minimum Gasteiger partial charge on any atom is -0.508 e. The zero-order valence-electron chi connectivity index (χ0n) is 13.8. The van der Waals surface area contributed by atoms with Crippen molar-refractivity contribution in [1.29, 1.82) is 0 Å². The van der Waals surface area contributed by atoms with Crippen LogP contribution in [0.2, 0.25) is 0 Å². The largest absolute Gasteiger partial charge is 0.508 e. The fraction of sp³-hybridized carbons (Fsp3) is 0.222. The van der Waals surface area contributed by atoms with Gasteiger partial charge in [-0.3, -0.25) is 4.79 Å². The summed E-state index contributed by atoms with van der Waals surface area (Å²) in [4.78, 5) is 11.9. The number of rotatable bonds is 5. The van der Waals surface area contributed by atoms with Crippen LogP contribution in [0, 0.1) is 13.8 Å². The number of aryl methyl sites for hydroxylation is 2. The summed E-state index contributed by atoms with van der Waals surface area (Å²) in [7, 11) is 0. The third kappa shape index (κ3) is 4.25. The van der Waals surface area contributed by atoms with Gasteiger partial charge in [0.1, 0.15) is 17.2 Å². The van der Waals surface area contributed by atoms with Crippen molar-refractivity contribution in [1.82, 2.24) is 5.43 Å². The highest BCUT2D eigenvalue weighted by Gasteiger charge is 2.09. The summed E-state index contributed by atoms with van der Waals surface area (Å²) < 4.78 is 5.54. The Bertz CT molecular complexity index is 764. The Morgan fingerprint density at radius 3 is 2.50 bits per heavy atom. The molecule has 0 saturated carbocycles. The quantitative estimate of drug-likeness (QED) is 0.447. The third-order valence-electron chi connectivity index (χ3n) is 3.47. The number of carbonyl (C=O) groups is 1. The molecule has 0 aliphatic heterocycles. The zero-order valence-corrected chi connectivity index (χ0v) is 13.8. The molecule has 126 valence electrons. The van der Waals surface area contributed by atoms with E-state index in [9.17, 15) is 15.0 Å². The SMILES string of the molecule is C/C(=N\NC(=O)COc1c(C)cccc1C)c1cc(O)ccc1O. The first kappa shape index (κ1) is 17.3. The smallest absolute Gasteiger partial charge is 0.277 e. The highest BCUT2D eigenvalue weighted by atomic mass is 16.5. The molecule has 0 saturated heterocycles. The van der Waals surface area contributed by atoms with Gasteiger partial charge in [0.15, 0.2) is 6.61 Å². The number of carbonyl (C=O) groups excluding carboxylic acids is 1. The summed E-state index contributed by atoms with van der Waals surface area (Å²) in [6.07, 6.45) is 0. The van der Waals surface area contributed by atoms with Gasteiger partial charge >= 0.3 is 0 Å². The minimum atomic E-state index is -0.420. The fourth-order valence-corrected chi connectivity index (χ4v) is 2.22. The molecule has 0 aromatic heterocycles. The van der Waals surface area contributed by atoms with Crippen LogP contribution in [0.3, 0.4) is 0 Å². The number of amides is 1. The first-order chi connectivity index (χ1) is 11.4. The molecule has 0 fully saturated rings. The molecule has 2 rings (SSSR count). The molecule has 2 aromatic rings. The predicted molar refractivity (Wildman–Crippen MR) is 91.5 cm³/mol. The van der Waals surface area contributed by atoms with Gasteiger partial charge in [-0.1, -0.05) is 18.2 Å². The average Bonchev–Trinajstić information content (AvgIpc) is 2.54. The highest BCUT2D eigenvalue weighted by Crippen LogP contribution is 2.23. The summed E-state index contributed by atoms with van der Waals surface area (Å²) in [6, 6.07) is 9.83. The number of ether oxygens (including phenoxy) is 1. The van der Waals surface area contributed by atoms with E-state index in [4.69, 9.17) is 4.74 Å². The lowest BCUT2D eigenvalue weighted by molar-refractivity contribution is -0.123. The van der Waals surface area contributed by atoms with Crippen LogP contribution in [0.5, 0.6) is 17.2 Å². The van der Waals surface area contributed by atoms with Crippen molar-refractivity contribution in [3.8, 4) is 17.2 Å². The van der Waals surface area contributed by atoms with Crippen LogP contribution in [-0.4, -0.2) is 28.4 Å². The summed E-state index contributed by atoms with van der Waals surface area (Å²) >= 11 is 0.